The Morgan fingerprint density at radius 1 is 0.326 bits per heavy atom. The van der Waals surface area contributed by atoms with Gasteiger partial charge in [-0.25, -0.2) is 0 Å². The molecule has 9 aromatic carbocycles. The summed E-state index contributed by atoms with van der Waals surface area (Å²) in [6.07, 6.45) is 0. The Hall–Kier alpha value is -5.98. The van der Waals surface area contributed by atoms with Crippen LogP contribution < -0.4 is 0 Å². The smallest absolute Gasteiger partial charge is 0.0622 e. The maximum atomic E-state index is 10.1. The largest absolute Gasteiger partial charge is 0.0636 e. The van der Waals surface area contributed by atoms with Gasteiger partial charge < -0.3 is 0 Å². The Kier molecular flexibility index (Phi) is 4.76. The molecule has 9 aromatic rings. The van der Waals surface area contributed by atoms with Crippen molar-refractivity contribution < 1.29 is 9.60 Å². The van der Waals surface area contributed by atoms with E-state index in [1.807, 2.05) is 140 Å². The van der Waals surface area contributed by atoms with Crippen LogP contribution in [0.25, 0.3) is 87.6 Å². The van der Waals surface area contributed by atoms with E-state index >= 15 is 0 Å². The van der Waals surface area contributed by atoms with E-state index in [2.05, 4.69) is 0 Å². The molecule has 0 N–H and O–H groups in total. The minimum atomic E-state index is -0.387. The summed E-state index contributed by atoms with van der Waals surface area (Å²) in [4.78, 5) is 0. The zero-order valence-corrected chi connectivity index (χ0v) is 24.8. The van der Waals surface area contributed by atoms with Gasteiger partial charge in [-0.3, -0.25) is 0 Å². The quantitative estimate of drug-likeness (QED) is 0.179. The number of benzene rings is 9. The van der Waals surface area contributed by atoms with Gasteiger partial charge in [0.2, 0.25) is 0 Å². The van der Waals surface area contributed by atoms with Gasteiger partial charge in [0.05, 0.1) is 9.60 Å². The van der Waals surface area contributed by atoms with E-state index in [1.165, 1.54) is 0 Å². The summed E-state index contributed by atoms with van der Waals surface area (Å²) in [5, 5.41) is 4.88. The first-order valence-corrected chi connectivity index (χ1v) is 15.4. The molecule has 0 unspecified atom stereocenters. The molecular weight excluding hydrogens is 553 g/mol. The van der Waals surface area contributed by atoms with Crippen molar-refractivity contribution in [2.24, 2.45) is 0 Å². The van der Waals surface area contributed by atoms with Gasteiger partial charge in [-0.1, -0.05) is 170 Å². The Morgan fingerprint density at radius 2 is 0.957 bits per heavy atom. The Labute approximate surface area is 278 Å². The molecule has 0 aromatic heterocycles. The summed E-state index contributed by atoms with van der Waals surface area (Å²) in [6.45, 7) is 0. The van der Waals surface area contributed by atoms with Crippen LogP contribution in [-0.2, 0) is 0 Å². The third kappa shape index (κ3) is 4.30. The van der Waals surface area contributed by atoms with Gasteiger partial charge in [0.15, 0.2) is 0 Å². The second-order valence-electron chi connectivity index (χ2n) is 11.5. The average molecular weight is 590 g/mol. The van der Waals surface area contributed by atoms with E-state index in [-0.39, 0.29) is 53.1 Å². The molecule has 9 rings (SSSR count). The lowest BCUT2D eigenvalue weighted by molar-refractivity contribution is 1.60. The number of fused-ring (bicyclic) bond motifs is 4. The van der Waals surface area contributed by atoms with Gasteiger partial charge in [-0.15, -0.1) is 0 Å². The monoisotopic (exact) mass is 589 g/mol. The fourth-order valence-electron chi connectivity index (χ4n) is 6.77. The van der Waals surface area contributed by atoms with Gasteiger partial charge in [-0.05, 0) is 99.7 Å². The number of rotatable bonds is 4. The predicted octanol–water partition coefficient (Wildman–Crippen LogP) is 13.0. The van der Waals surface area contributed by atoms with Crippen LogP contribution in [0.1, 0.15) is 9.60 Å². The molecular formula is C46H30. The lowest BCUT2D eigenvalue weighted by atomic mass is 9.82. The lowest BCUT2D eigenvalue weighted by Gasteiger charge is -2.21. The molecule has 0 saturated heterocycles. The van der Waals surface area contributed by atoms with Gasteiger partial charge in [0.1, 0.15) is 0 Å². The Morgan fingerprint density at radius 3 is 1.80 bits per heavy atom. The Bertz CT molecular complexity index is 2960. The van der Waals surface area contributed by atoms with E-state index in [1.54, 1.807) is 0 Å². The van der Waals surface area contributed by atoms with Crippen LogP contribution in [0.5, 0.6) is 0 Å². The summed E-state index contributed by atoms with van der Waals surface area (Å²) < 4.78 is 66.3. The van der Waals surface area contributed by atoms with E-state index < -0.39 is 0 Å². The SMILES string of the molecule is [2H]c1c([2H])c([2H])c2c(-c3ccccc3-c3ccccc3)c3c([2H])c(-c4cccc5ccccc45)c([2H])c([2H])c3c(-c3ccc4ccccc4c3)c2c1[2H]. The summed E-state index contributed by atoms with van der Waals surface area (Å²) >= 11 is 0. The molecule has 0 heterocycles. The summed E-state index contributed by atoms with van der Waals surface area (Å²) in [5.41, 5.74) is 4.80. The Balaban J connectivity index is 1.59. The normalized spacial score (nSPS) is 13.6. The second-order valence-corrected chi connectivity index (χ2v) is 11.5. The highest BCUT2D eigenvalue weighted by molar-refractivity contribution is 6.23. The lowest BCUT2D eigenvalue weighted by Crippen LogP contribution is -1.93. The maximum absolute atomic E-state index is 10.1. The van der Waals surface area contributed by atoms with Crippen molar-refractivity contribution in [2.45, 2.75) is 0 Å². The van der Waals surface area contributed by atoms with Crippen LogP contribution >= 0.6 is 0 Å². The summed E-state index contributed by atoms with van der Waals surface area (Å²) in [5.74, 6) is 0. The zero-order chi connectivity index (χ0) is 36.5. The molecule has 0 aliphatic carbocycles. The zero-order valence-electron chi connectivity index (χ0n) is 31.8. The van der Waals surface area contributed by atoms with E-state index in [9.17, 15) is 6.85 Å². The molecule has 0 aliphatic rings. The van der Waals surface area contributed by atoms with Crippen molar-refractivity contribution in [3.8, 4) is 44.5 Å². The highest BCUT2D eigenvalue weighted by atomic mass is 14.2. The van der Waals surface area contributed by atoms with Crippen molar-refractivity contribution >= 4 is 43.1 Å². The van der Waals surface area contributed by atoms with Gasteiger partial charge in [0.25, 0.3) is 0 Å². The topological polar surface area (TPSA) is 0 Å². The van der Waals surface area contributed by atoms with Crippen LogP contribution in [0.4, 0.5) is 0 Å². The molecule has 0 spiro atoms. The first-order chi connectivity index (χ1) is 25.8. The first kappa shape index (κ1) is 20.1. The summed E-state index contributed by atoms with van der Waals surface area (Å²) in [7, 11) is 0. The first-order valence-electron chi connectivity index (χ1n) is 18.9. The third-order valence-electron chi connectivity index (χ3n) is 8.88. The van der Waals surface area contributed by atoms with E-state index in [0.717, 1.165) is 32.7 Å². The molecule has 0 atom stereocenters. The van der Waals surface area contributed by atoms with Crippen molar-refractivity contribution in [3.63, 3.8) is 0 Å². The van der Waals surface area contributed by atoms with Gasteiger partial charge in [0, 0.05) is 0 Å². The molecule has 0 bridgehead atoms. The minimum absolute atomic E-state index is 0.0200. The van der Waals surface area contributed by atoms with Crippen molar-refractivity contribution in [1.29, 1.82) is 0 Å². The highest BCUT2D eigenvalue weighted by Gasteiger charge is 2.20. The van der Waals surface area contributed by atoms with E-state index in [0.29, 0.717) is 44.2 Å². The average Bonchev–Trinajstić information content (AvgIpc) is 3.20. The molecule has 46 heavy (non-hydrogen) atoms. The molecule has 0 fully saturated rings. The molecule has 0 heteroatoms. The molecule has 0 saturated carbocycles. The molecule has 0 amide bonds. The van der Waals surface area contributed by atoms with Crippen molar-refractivity contribution in [2.75, 3.05) is 0 Å². The van der Waals surface area contributed by atoms with Crippen LogP contribution in [0.3, 0.4) is 0 Å². The predicted molar refractivity (Wildman–Crippen MR) is 198 cm³/mol. The highest BCUT2D eigenvalue weighted by Crippen LogP contribution is 2.47. The standard InChI is InChI=1S/C46H30/c1-2-14-32(15-3-1)38-20-8-9-21-40(38)46-42-23-11-10-22-41(42)45(36-26-25-31-13-4-5-17-34(31)29-36)43-28-27-35(30-44(43)46)39-24-12-18-33-16-6-7-19-37(33)39/h1-30H/i10D,11D,22D,23D,27D,28D,30D. The second kappa shape index (κ2) is 10.9. The van der Waals surface area contributed by atoms with Crippen LogP contribution in [0.15, 0.2) is 182 Å². The third-order valence-corrected chi connectivity index (χ3v) is 8.88. The summed E-state index contributed by atoms with van der Waals surface area (Å²) in [6, 6.07) is 43.3. The molecule has 0 radical (unpaired) electrons. The number of hydrogen-bond donors (Lipinski definition) is 0. The van der Waals surface area contributed by atoms with Crippen molar-refractivity contribution in [1.82, 2.24) is 0 Å². The fourth-order valence-corrected chi connectivity index (χ4v) is 6.77. The van der Waals surface area contributed by atoms with Crippen LogP contribution in [0, 0.1) is 0 Å². The van der Waals surface area contributed by atoms with Gasteiger partial charge in [-0.2, -0.15) is 0 Å². The van der Waals surface area contributed by atoms with E-state index in [4.69, 9.17) is 2.74 Å². The fraction of sp³-hybridized carbons (Fsp3) is 0. The molecule has 0 nitrogen and oxygen atoms in total. The maximum Gasteiger partial charge on any atom is 0.0636 e. The van der Waals surface area contributed by atoms with Gasteiger partial charge >= 0.3 is 0 Å². The molecule has 0 aliphatic heterocycles. The number of hydrogen-bond acceptors (Lipinski definition) is 0. The van der Waals surface area contributed by atoms with Crippen LogP contribution in [0.2, 0.25) is 0 Å². The minimum Gasteiger partial charge on any atom is -0.0622 e. The molecule has 214 valence electrons. The van der Waals surface area contributed by atoms with Crippen LogP contribution in [-0.4, -0.2) is 0 Å². The van der Waals surface area contributed by atoms with Crippen molar-refractivity contribution in [3.05, 3.63) is 182 Å².